The number of carbonyl (C=O) groups excluding carboxylic acids is 1. The second kappa shape index (κ2) is 5.04. The minimum Gasteiger partial charge on any atom is -0.370 e. The quantitative estimate of drug-likeness (QED) is 0.580. The third kappa shape index (κ3) is 2.42. The molecule has 0 aromatic heterocycles. The Bertz CT molecular complexity index is 540. The number of amides is 1. The minimum absolute atomic E-state index is 0.183. The second-order valence-corrected chi connectivity index (χ2v) is 4.46. The first-order valence-electron chi connectivity index (χ1n) is 6.01. The lowest BCUT2D eigenvalue weighted by Gasteiger charge is -2.08. The van der Waals surface area contributed by atoms with Gasteiger partial charge in [-0.1, -0.05) is 24.3 Å². The lowest BCUT2D eigenvalue weighted by atomic mass is 9.98. The van der Waals surface area contributed by atoms with Crippen LogP contribution in [0.3, 0.4) is 0 Å². The summed E-state index contributed by atoms with van der Waals surface area (Å²) in [6.07, 6.45) is 2.64. The van der Waals surface area contributed by atoms with E-state index >= 15 is 0 Å². The monoisotopic (exact) mass is 243 g/mol. The van der Waals surface area contributed by atoms with Crippen LogP contribution in [-0.4, -0.2) is 11.9 Å². The summed E-state index contributed by atoms with van der Waals surface area (Å²) in [5.74, 6) is -0.498. The molecule has 4 nitrogen and oxygen atoms in total. The van der Waals surface area contributed by atoms with Crippen LogP contribution in [0, 0.1) is 0 Å². The molecule has 0 bridgehead atoms. The average molecular weight is 243 g/mol. The summed E-state index contributed by atoms with van der Waals surface area (Å²) >= 11 is 0. The molecule has 0 heterocycles. The molecule has 0 fully saturated rings. The highest BCUT2D eigenvalue weighted by molar-refractivity contribution is 6.06. The third-order valence-electron chi connectivity index (χ3n) is 3.24. The normalized spacial score (nSPS) is 14.7. The van der Waals surface area contributed by atoms with Gasteiger partial charge < -0.3 is 11.5 Å². The molecule has 0 saturated heterocycles. The molecule has 0 radical (unpaired) electrons. The number of aryl methyl sites for hydroxylation is 1. The number of rotatable bonds is 1. The number of carbonyl (C=O) groups is 1. The van der Waals surface area contributed by atoms with Crippen LogP contribution in [-0.2, 0) is 11.2 Å². The lowest BCUT2D eigenvalue weighted by Crippen LogP contribution is -2.24. The first-order valence-corrected chi connectivity index (χ1v) is 6.01. The van der Waals surface area contributed by atoms with Gasteiger partial charge in [-0.05, 0) is 42.9 Å². The largest absolute Gasteiger partial charge is 0.370 e. The number of hydrogen-bond acceptors (Lipinski definition) is 1. The highest BCUT2D eigenvalue weighted by Gasteiger charge is 2.18. The van der Waals surface area contributed by atoms with Crippen molar-refractivity contribution in [2.45, 2.75) is 26.2 Å². The van der Waals surface area contributed by atoms with Crippen molar-refractivity contribution < 1.29 is 4.79 Å². The van der Waals surface area contributed by atoms with Crippen LogP contribution in [0.5, 0.6) is 0 Å². The zero-order chi connectivity index (χ0) is 13.1. The Balaban J connectivity index is 2.48. The molecule has 1 aliphatic rings. The molecule has 0 aliphatic heterocycles. The van der Waals surface area contributed by atoms with Gasteiger partial charge in [0.2, 0.25) is 0 Å². The molecule has 1 aromatic carbocycles. The summed E-state index contributed by atoms with van der Waals surface area (Å²) in [7, 11) is 0. The Hall–Kier alpha value is -2.10. The van der Waals surface area contributed by atoms with Crippen LogP contribution in [0.4, 0.5) is 0 Å². The highest BCUT2D eigenvalue weighted by atomic mass is 16.1. The number of fused-ring (bicyclic) bond motifs is 1. The van der Waals surface area contributed by atoms with Crippen molar-refractivity contribution >= 4 is 17.4 Å². The van der Waals surface area contributed by atoms with Gasteiger partial charge in [-0.3, -0.25) is 4.79 Å². The van der Waals surface area contributed by atoms with Gasteiger partial charge in [0.1, 0.15) is 0 Å². The summed E-state index contributed by atoms with van der Waals surface area (Å²) in [5.41, 5.74) is 14.6. The van der Waals surface area contributed by atoms with E-state index in [1.165, 1.54) is 5.56 Å². The molecule has 1 aliphatic carbocycles. The standard InChI is InChI=1S/C14H17N3O/c1-9-11-7-3-2-5-10(11)6-4-8-12(9)13(18)17-14(15)16/h2-3,5,7H,4,6,8H2,1H3,(H4,15,16,17,18). The van der Waals surface area contributed by atoms with E-state index in [2.05, 4.69) is 11.1 Å². The summed E-state index contributed by atoms with van der Waals surface area (Å²) in [6.45, 7) is 1.96. The topological polar surface area (TPSA) is 81.5 Å². The van der Waals surface area contributed by atoms with Gasteiger partial charge in [-0.2, -0.15) is 4.99 Å². The van der Waals surface area contributed by atoms with Crippen molar-refractivity contribution in [2.75, 3.05) is 0 Å². The van der Waals surface area contributed by atoms with E-state index in [0.29, 0.717) is 5.57 Å². The van der Waals surface area contributed by atoms with Gasteiger partial charge in [0.05, 0.1) is 0 Å². The Morgan fingerprint density at radius 1 is 1.22 bits per heavy atom. The van der Waals surface area contributed by atoms with Crippen LogP contribution >= 0.6 is 0 Å². The molecule has 1 amide bonds. The number of hydrogen-bond donors (Lipinski definition) is 2. The maximum absolute atomic E-state index is 12.0. The van der Waals surface area contributed by atoms with Gasteiger partial charge in [0, 0.05) is 5.57 Å². The molecule has 94 valence electrons. The Morgan fingerprint density at radius 2 is 1.94 bits per heavy atom. The molecular formula is C14H17N3O. The molecule has 0 spiro atoms. The van der Waals surface area contributed by atoms with Crippen molar-refractivity contribution in [3.63, 3.8) is 0 Å². The highest BCUT2D eigenvalue weighted by Crippen LogP contribution is 2.30. The first-order chi connectivity index (χ1) is 8.59. The van der Waals surface area contributed by atoms with Gasteiger partial charge in [-0.15, -0.1) is 0 Å². The SMILES string of the molecule is CC1=C(C(=O)N=C(N)N)CCCc2ccccc21. The number of benzene rings is 1. The summed E-state index contributed by atoms with van der Waals surface area (Å²) in [5, 5.41) is 0. The fraction of sp³-hybridized carbons (Fsp3) is 0.286. The molecule has 0 unspecified atom stereocenters. The molecule has 18 heavy (non-hydrogen) atoms. The predicted molar refractivity (Wildman–Crippen MR) is 72.8 cm³/mol. The van der Waals surface area contributed by atoms with Crippen molar-refractivity contribution in [2.24, 2.45) is 16.5 Å². The van der Waals surface area contributed by atoms with Crippen LogP contribution in [0.2, 0.25) is 0 Å². The van der Waals surface area contributed by atoms with E-state index < -0.39 is 0 Å². The van der Waals surface area contributed by atoms with E-state index in [9.17, 15) is 4.79 Å². The zero-order valence-corrected chi connectivity index (χ0v) is 10.4. The number of aliphatic imine (C=N–C) groups is 1. The van der Waals surface area contributed by atoms with Gasteiger partial charge in [-0.25, -0.2) is 0 Å². The average Bonchev–Trinajstić information content (AvgIpc) is 2.49. The lowest BCUT2D eigenvalue weighted by molar-refractivity contribution is -0.114. The fourth-order valence-electron chi connectivity index (χ4n) is 2.36. The number of nitrogens with two attached hydrogens (primary N) is 2. The summed E-state index contributed by atoms with van der Waals surface area (Å²) < 4.78 is 0. The minimum atomic E-state index is -0.316. The molecule has 0 saturated carbocycles. The molecule has 0 atom stereocenters. The number of allylic oxidation sites excluding steroid dienone is 1. The second-order valence-electron chi connectivity index (χ2n) is 4.46. The smallest absolute Gasteiger partial charge is 0.276 e. The van der Waals surface area contributed by atoms with E-state index in [1.807, 2.05) is 25.1 Å². The fourth-order valence-corrected chi connectivity index (χ4v) is 2.36. The van der Waals surface area contributed by atoms with Crippen LogP contribution in [0.15, 0.2) is 34.8 Å². The molecule has 2 rings (SSSR count). The van der Waals surface area contributed by atoms with Crippen molar-refractivity contribution in [1.29, 1.82) is 0 Å². The van der Waals surface area contributed by atoms with Crippen molar-refractivity contribution in [3.8, 4) is 0 Å². The predicted octanol–water partition coefficient (Wildman–Crippen LogP) is 1.60. The van der Waals surface area contributed by atoms with Crippen molar-refractivity contribution in [3.05, 3.63) is 41.0 Å². The first kappa shape index (κ1) is 12.4. The van der Waals surface area contributed by atoms with Crippen molar-refractivity contribution in [1.82, 2.24) is 0 Å². The van der Waals surface area contributed by atoms with Crippen LogP contribution < -0.4 is 11.5 Å². The van der Waals surface area contributed by atoms with Crippen LogP contribution in [0.1, 0.15) is 30.9 Å². The summed E-state index contributed by atoms with van der Waals surface area (Å²) in [6, 6.07) is 8.15. The Morgan fingerprint density at radius 3 is 2.67 bits per heavy atom. The molecule has 1 aromatic rings. The number of nitrogens with zero attached hydrogens (tertiary/aromatic N) is 1. The third-order valence-corrected chi connectivity index (χ3v) is 3.24. The van der Waals surface area contributed by atoms with E-state index in [4.69, 9.17) is 11.5 Å². The van der Waals surface area contributed by atoms with E-state index in [-0.39, 0.29) is 11.9 Å². The van der Waals surface area contributed by atoms with Gasteiger partial charge >= 0.3 is 0 Å². The summed E-state index contributed by atoms with van der Waals surface area (Å²) in [4.78, 5) is 15.6. The molecule has 4 N–H and O–H groups in total. The zero-order valence-electron chi connectivity index (χ0n) is 10.4. The Kier molecular flexibility index (Phi) is 3.46. The molecule has 4 heteroatoms. The van der Waals surface area contributed by atoms with E-state index in [1.54, 1.807) is 0 Å². The van der Waals surface area contributed by atoms with Gasteiger partial charge in [0.25, 0.3) is 5.91 Å². The molecular weight excluding hydrogens is 226 g/mol. The maximum Gasteiger partial charge on any atom is 0.276 e. The van der Waals surface area contributed by atoms with Gasteiger partial charge in [0.15, 0.2) is 5.96 Å². The van der Waals surface area contributed by atoms with E-state index in [0.717, 1.165) is 30.4 Å². The van der Waals surface area contributed by atoms with Crippen LogP contribution in [0.25, 0.3) is 5.57 Å². The maximum atomic E-state index is 12.0. The Labute approximate surface area is 106 Å². The number of guanidine groups is 1.